The summed E-state index contributed by atoms with van der Waals surface area (Å²) in [6, 6.07) is 9.03. The molecule has 0 heterocycles. The minimum atomic E-state index is -0.631. The third-order valence-corrected chi connectivity index (χ3v) is 4.42. The number of benzene rings is 1. The van der Waals surface area contributed by atoms with Crippen molar-refractivity contribution in [2.45, 2.75) is 18.9 Å². The van der Waals surface area contributed by atoms with Gasteiger partial charge in [-0.15, -0.1) is 0 Å². The van der Waals surface area contributed by atoms with Crippen LogP contribution >= 0.6 is 0 Å². The van der Waals surface area contributed by atoms with Gasteiger partial charge in [0.05, 0.1) is 33.4 Å². The molecule has 0 saturated heterocycles. The van der Waals surface area contributed by atoms with E-state index in [9.17, 15) is 19.2 Å². The van der Waals surface area contributed by atoms with Gasteiger partial charge < -0.3 is 19.7 Å². The number of nitrogens with one attached hydrogen (secondary N) is 1. The lowest BCUT2D eigenvalue weighted by molar-refractivity contribution is -0.146. The molecule has 1 aromatic carbocycles. The molecule has 0 radical (unpaired) electrons. The Hall–Kier alpha value is -2.94. The van der Waals surface area contributed by atoms with Crippen LogP contribution < -0.4 is 5.32 Å². The zero-order valence-electron chi connectivity index (χ0n) is 17.3. The van der Waals surface area contributed by atoms with E-state index in [1.54, 1.807) is 11.9 Å². The zero-order valence-corrected chi connectivity index (χ0v) is 17.3. The van der Waals surface area contributed by atoms with Gasteiger partial charge in [-0.3, -0.25) is 24.1 Å². The molecule has 0 spiro atoms. The van der Waals surface area contributed by atoms with Gasteiger partial charge in [-0.1, -0.05) is 30.3 Å². The first kappa shape index (κ1) is 24.1. The van der Waals surface area contributed by atoms with Crippen molar-refractivity contribution in [1.82, 2.24) is 15.1 Å². The predicted molar refractivity (Wildman–Crippen MR) is 106 cm³/mol. The van der Waals surface area contributed by atoms with E-state index in [4.69, 9.17) is 0 Å². The number of carbonyl (C=O) groups is 4. The molecule has 29 heavy (non-hydrogen) atoms. The quantitative estimate of drug-likeness (QED) is 0.508. The van der Waals surface area contributed by atoms with Crippen LogP contribution in [0.5, 0.6) is 0 Å². The van der Waals surface area contributed by atoms with E-state index in [0.29, 0.717) is 12.8 Å². The second-order valence-electron chi connectivity index (χ2n) is 6.58. The molecule has 9 nitrogen and oxygen atoms in total. The van der Waals surface area contributed by atoms with Crippen LogP contribution in [0.2, 0.25) is 0 Å². The lowest BCUT2D eigenvalue weighted by Gasteiger charge is -2.26. The first-order valence-corrected chi connectivity index (χ1v) is 9.18. The first-order chi connectivity index (χ1) is 13.8. The fraction of sp³-hybridized carbons (Fsp3) is 0.500. The summed E-state index contributed by atoms with van der Waals surface area (Å²) in [7, 11) is 5.61. The lowest BCUT2D eigenvalue weighted by atomic mass is 10.0. The number of likely N-dealkylation sites (N-methyl/N-ethyl adjacent to an activating group) is 2. The van der Waals surface area contributed by atoms with Crippen molar-refractivity contribution in [1.29, 1.82) is 0 Å². The maximum absolute atomic E-state index is 12.7. The van der Waals surface area contributed by atoms with Gasteiger partial charge in [-0.05, 0) is 25.5 Å². The lowest BCUT2D eigenvalue weighted by Crippen LogP contribution is -2.49. The highest BCUT2D eigenvalue weighted by Crippen LogP contribution is 2.10. The summed E-state index contributed by atoms with van der Waals surface area (Å²) in [6.45, 7) is -0.523. The average Bonchev–Trinajstić information content (AvgIpc) is 2.72. The number of nitrogens with zero attached hydrogens (tertiary/aromatic N) is 2. The van der Waals surface area contributed by atoms with Crippen LogP contribution in [0.15, 0.2) is 30.3 Å². The highest BCUT2D eigenvalue weighted by molar-refractivity contribution is 5.89. The summed E-state index contributed by atoms with van der Waals surface area (Å²) in [6.07, 6.45) is 1.08. The molecule has 1 N–H and O–H groups in total. The zero-order chi connectivity index (χ0) is 21.8. The molecule has 160 valence electrons. The Balaban J connectivity index is 2.71. The molecular formula is C20H29N3O6. The molecule has 0 aliphatic heterocycles. The van der Waals surface area contributed by atoms with E-state index < -0.39 is 23.9 Å². The summed E-state index contributed by atoms with van der Waals surface area (Å²) in [4.78, 5) is 50.5. The average molecular weight is 407 g/mol. The van der Waals surface area contributed by atoms with Crippen LogP contribution in [0.25, 0.3) is 0 Å². The molecule has 0 fully saturated rings. The summed E-state index contributed by atoms with van der Waals surface area (Å²) >= 11 is 0. The van der Waals surface area contributed by atoms with Gasteiger partial charge in [0.25, 0.3) is 0 Å². The summed E-state index contributed by atoms with van der Waals surface area (Å²) in [5.41, 5.74) is 1.06. The van der Waals surface area contributed by atoms with Crippen molar-refractivity contribution in [2.24, 2.45) is 0 Å². The fourth-order valence-electron chi connectivity index (χ4n) is 2.64. The van der Waals surface area contributed by atoms with E-state index in [0.717, 1.165) is 5.56 Å². The van der Waals surface area contributed by atoms with E-state index >= 15 is 0 Å². The summed E-state index contributed by atoms with van der Waals surface area (Å²) < 4.78 is 9.19. The molecule has 0 saturated carbocycles. The number of carbonyl (C=O) groups excluding carboxylic acids is 4. The number of esters is 2. The Morgan fingerprint density at radius 2 is 1.55 bits per heavy atom. The van der Waals surface area contributed by atoms with Crippen molar-refractivity contribution in [3.8, 4) is 0 Å². The maximum Gasteiger partial charge on any atom is 0.325 e. The predicted octanol–water partition coefficient (Wildman–Crippen LogP) is -0.160. The maximum atomic E-state index is 12.7. The van der Waals surface area contributed by atoms with Crippen molar-refractivity contribution in [3.63, 3.8) is 0 Å². The standard InChI is InChI=1S/C20H29N3O6/c1-22(13-18(25)28-3)16(11-10-15-8-6-5-7-9-15)20(27)21-12-17(24)23(2)14-19(26)29-4/h5-9,16H,10-14H2,1-4H3,(H,21,27)/t16-/m0/s1. The first-order valence-electron chi connectivity index (χ1n) is 9.18. The van der Waals surface area contributed by atoms with Gasteiger partial charge >= 0.3 is 11.9 Å². The number of rotatable bonds is 11. The smallest absolute Gasteiger partial charge is 0.325 e. The Kier molecular flexibility index (Phi) is 10.4. The van der Waals surface area contributed by atoms with Crippen molar-refractivity contribution >= 4 is 23.8 Å². The minimum Gasteiger partial charge on any atom is -0.468 e. The topological polar surface area (TPSA) is 105 Å². The van der Waals surface area contributed by atoms with E-state index in [1.165, 1.54) is 26.2 Å². The Morgan fingerprint density at radius 1 is 0.966 bits per heavy atom. The van der Waals surface area contributed by atoms with E-state index in [1.807, 2.05) is 30.3 Å². The molecule has 0 unspecified atom stereocenters. The molecule has 1 aromatic rings. The Morgan fingerprint density at radius 3 is 2.14 bits per heavy atom. The number of aryl methyl sites for hydroxylation is 1. The molecule has 9 heteroatoms. The Bertz CT molecular complexity index is 695. The second kappa shape index (κ2) is 12.5. The molecular weight excluding hydrogens is 378 g/mol. The third kappa shape index (κ3) is 8.73. The van der Waals surface area contributed by atoms with Gasteiger partial charge in [0, 0.05) is 7.05 Å². The van der Waals surface area contributed by atoms with E-state index in [-0.39, 0.29) is 25.5 Å². The summed E-state index contributed by atoms with van der Waals surface area (Å²) in [5, 5.41) is 2.59. The number of hydrogen-bond donors (Lipinski definition) is 1. The van der Waals surface area contributed by atoms with Gasteiger partial charge in [0.15, 0.2) is 0 Å². The van der Waals surface area contributed by atoms with Gasteiger partial charge in [-0.2, -0.15) is 0 Å². The molecule has 1 rings (SSSR count). The minimum absolute atomic E-state index is 0.0560. The number of hydrogen-bond acceptors (Lipinski definition) is 7. The van der Waals surface area contributed by atoms with Crippen LogP contribution in [0.3, 0.4) is 0 Å². The highest BCUT2D eigenvalue weighted by Gasteiger charge is 2.26. The number of methoxy groups -OCH3 is 2. The third-order valence-electron chi connectivity index (χ3n) is 4.42. The van der Waals surface area contributed by atoms with Gasteiger partial charge in [0.1, 0.15) is 6.54 Å². The largest absolute Gasteiger partial charge is 0.468 e. The van der Waals surface area contributed by atoms with Crippen LogP contribution in [0, 0.1) is 0 Å². The van der Waals surface area contributed by atoms with Crippen LogP contribution in [0.4, 0.5) is 0 Å². The molecule has 0 aromatic heterocycles. The van der Waals surface area contributed by atoms with E-state index in [2.05, 4.69) is 14.8 Å². The number of ether oxygens (including phenoxy) is 2. The van der Waals surface area contributed by atoms with Gasteiger partial charge in [0.2, 0.25) is 11.8 Å². The molecule has 0 bridgehead atoms. The van der Waals surface area contributed by atoms with Crippen LogP contribution in [-0.2, 0) is 35.1 Å². The van der Waals surface area contributed by atoms with Crippen LogP contribution in [-0.4, -0.2) is 87.5 Å². The van der Waals surface area contributed by atoms with Crippen molar-refractivity contribution in [3.05, 3.63) is 35.9 Å². The normalized spacial score (nSPS) is 11.5. The Labute approximate surface area is 170 Å². The monoisotopic (exact) mass is 407 g/mol. The highest BCUT2D eigenvalue weighted by atomic mass is 16.5. The van der Waals surface area contributed by atoms with Crippen LogP contribution in [0.1, 0.15) is 12.0 Å². The number of amides is 2. The fourth-order valence-corrected chi connectivity index (χ4v) is 2.64. The summed E-state index contributed by atoms with van der Waals surface area (Å²) in [5.74, 6) is -1.82. The second-order valence-corrected chi connectivity index (χ2v) is 6.58. The molecule has 2 amide bonds. The SMILES string of the molecule is COC(=O)CN(C)C(=O)CNC(=O)[C@H](CCc1ccccc1)N(C)CC(=O)OC. The molecule has 0 aliphatic rings. The van der Waals surface area contributed by atoms with Crippen molar-refractivity contribution in [2.75, 3.05) is 47.9 Å². The molecule has 0 aliphatic carbocycles. The van der Waals surface area contributed by atoms with Crippen molar-refractivity contribution < 1.29 is 28.7 Å². The van der Waals surface area contributed by atoms with Gasteiger partial charge in [-0.25, -0.2) is 0 Å². The molecule has 1 atom stereocenters.